The Morgan fingerprint density at radius 2 is 2.03 bits per heavy atom. The average molecular weight is 413 g/mol. The lowest BCUT2D eigenvalue weighted by Crippen LogP contribution is -2.48. The van der Waals surface area contributed by atoms with Crippen LogP contribution < -0.4 is 15.5 Å². The Hall–Kier alpha value is -2.67. The molecule has 0 unspecified atom stereocenters. The van der Waals surface area contributed by atoms with E-state index in [4.69, 9.17) is 4.99 Å². The zero-order chi connectivity index (χ0) is 21.3. The van der Waals surface area contributed by atoms with E-state index in [1.54, 1.807) is 0 Å². The molecular weight excluding hydrogens is 379 g/mol. The van der Waals surface area contributed by atoms with Crippen LogP contribution in [0.2, 0.25) is 0 Å². The minimum atomic E-state index is -0.166. The van der Waals surface area contributed by atoms with Gasteiger partial charge in [-0.25, -0.2) is 14.4 Å². The van der Waals surface area contributed by atoms with Crippen LogP contribution in [-0.2, 0) is 13.1 Å². The summed E-state index contributed by atoms with van der Waals surface area (Å²) < 4.78 is 14.0. The van der Waals surface area contributed by atoms with Gasteiger partial charge in [0.05, 0.1) is 6.54 Å². The van der Waals surface area contributed by atoms with E-state index in [0.29, 0.717) is 24.7 Å². The topological polar surface area (TPSA) is 55.8 Å². The molecule has 1 fully saturated rings. The van der Waals surface area contributed by atoms with E-state index in [1.165, 1.54) is 6.07 Å². The molecule has 1 saturated heterocycles. The van der Waals surface area contributed by atoms with Gasteiger partial charge in [0, 0.05) is 44.0 Å². The molecule has 0 aliphatic carbocycles. The van der Waals surface area contributed by atoms with Crippen molar-refractivity contribution in [1.29, 1.82) is 0 Å². The number of hydrogen-bond acceptors (Lipinski definition) is 4. The fraction of sp³-hybridized carbons (Fsp3) is 0.478. The van der Waals surface area contributed by atoms with E-state index in [9.17, 15) is 4.39 Å². The molecule has 0 radical (unpaired) electrons. The molecule has 7 heteroatoms. The van der Waals surface area contributed by atoms with Gasteiger partial charge >= 0.3 is 0 Å². The monoisotopic (exact) mass is 412 g/mol. The first-order chi connectivity index (χ1) is 14.5. The van der Waals surface area contributed by atoms with Crippen molar-refractivity contribution < 1.29 is 4.39 Å². The molecule has 1 aliphatic heterocycles. The Kier molecular flexibility index (Phi) is 8.02. The van der Waals surface area contributed by atoms with E-state index < -0.39 is 0 Å². The number of benzene rings is 1. The van der Waals surface area contributed by atoms with Crippen LogP contribution in [0.1, 0.15) is 30.9 Å². The summed E-state index contributed by atoms with van der Waals surface area (Å²) in [5.41, 5.74) is 1.71. The van der Waals surface area contributed by atoms with Gasteiger partial charge in [-0.3, -0.25) is 0 Å². The van der Waals surface area contributed by atoms with Gasteiger partial charge < -0.3 is 20.4 Å². The molecule has 6 nitrogen and oxygen atoms in total. The van der Waals surface area contributed by atoms with Crippen LogP contribution in [-0.4, -0.2) is 55.6 Å². The van der Waals surface area contributed by atoms with Gasteiger partial charge in [-0.15, -0.1) is 0 Å². The van der Waals surface area contributed by atoms with Crippen LogP contribution in [0.15, 0.2) is 47.6 Å². The highest BCUT2D eigenvalue weighted by atomic mass is 19.1. The molecule has 1 aliphatic rings. The molecule has 0 spiro atoms. The minimum absolute atomic E-state index is 0.166. The average Bonchev–Trinajstić information content (AvgIpc) is 2.75. The van der Waals surface area contributed by atoms with Crippen molar-refractivity contribution in [3.8, 4) is 0 Å². The molecule has 1 aromatic heterocycles. The third kappa shape index (κ3) is 6.42. The summed E-state index contributed by atoms with van der Waals surface area (Å²) in [6, 6.07) is 11.7. The zero-order valence-electron chi connectivity index (χ0n) is 18.2. The summed E-state index contributed by atoms with van der Waals surface area (Å²) >= 11 is 0. The van der Waals surface area contributed by atoms with Gasteiger partial charge in [-0.2, -0.15) is 0 Å². The number of hydrogen-bond donors (Lipinski definition) is 2. The summed E-state index contributed by atoms with van der Waals surface area (Å²) in [4.78, 5) is 13.5. The summed E-state index contributed by atoms with van der Waals surface area (Å²) in [7, 11) is 3.88. The highest BCUT2D eigenvalue weighted by Crippen LogP contribution is 2.17. The van der Waals surface area contributed by atoms with E-state index in [-0.39, 0.29) is 5.82 Å². The molecule has 2 aromatic rings. The van der Waals surface area contributed by atoms with Crippen molar-refractivity contribution in [2.45, 2.75) is 38.9 Å². The van der Waals surface area contributed by atoms with Gasteiger partial charge in [0.25, 0.3) is 0 Å². The summed E-state index contributed by atoms with van der Waals surface area (Å²) in [5.74, 6) is 1.69. The molecule has 0 amide bonds. The standard InChI is InChI=1S/C23H33FN6/c1-4-25-23(27-16-18-8-9-21(24)19(15-18)17-29(2)3)28-20-10-13-30(14-11-20)22-7-5-6-12-26-22/h5-9,12,15,20H,4,10-11,13-14,16-17H2,1-3H3,(H2,25,27,28). The Labute approximate surface area is 179 Å². The van der Waals surface area contributed by atoms with Gasteiger partial charge in [0.2, 0.25) is 0 Å². The second-order valence-electron chi connectivity index (χ2n) is 7.95. The Bertz CT molecular complexity index is 816. The minimum Gasteiger partial charge on any atom is -0.357 e. The van der Waals surface area contributed by atoms with Crippen LogP contribution in [0.25, 0.3) is 0 Å². The van der Waals surface area contributed by atoms with Crippen molar-refractivity contribution in [2.24, 2.45) is 4.99 Å². The third-order valence-electron chi connectivity index (χ3n) is 5.17. The van der Waals surface area contributed by atoms with Gasteiger partial charge in [0.15, 0.2) is 5.96 Å². The Morgan fingerprint density at radius 3 is 2.70 bits per heavy atom. The number of piperidine rings is 1. The second-order valence-corrected chi connectivity index (χ2v) is 7.95. The van der Waals surface area contributed by atoms with E-state index >= 15 is 0 Å². The Balaban J connectivity index is 1.57. The predicted molar refractivity (Wildman–Crippen MR) is 121 cm³/mol. The number of halogens is 1. The molecule has 3 rings (SSSR count). The van der Waals surface area contributed by atoms with E-state index in [1.807, 2.05) is 49.5 Å². The molecule has 162 valence electrons. The molecule has 2 N–H and O–H groups in total. The molecule has 0 bridgehead atoms. The van der Waals surface area contributed by atoms with Crippen LogP contribution in [0, 0.1) is 5.82 Å². The second kappa shape index (κ2) is 10.9. The summed E-state index contributed by atoms with van der Waals surface area (Å²) in [6.07, 6.45) is 3.91. The molecule has 0 saturated carbocycles. The molecular formula is C23H33FN6. The number of aliphatic imine (C=N–C) groups is 1. The van der Waals surface area contributed by atoms with Crippen molar-refractivity contribution in [3.05, 3.63) is 59.5 Å². The Morgan fingerprint density at radius 1 is 1.23 bits per heavy atom. The molecule has 0 atom stereocenters. The van der Waals surface area contributed by atoms with Crippen molar-refractivity contribution in [2.75, 3.05) is 38.6 Å². The van der Waals surface area contributed by atoms with Crippen LogP contribution in [0.3, 0.4) is 0 Å². The van der Waals surface area contributed by atoms with E-state index in [0.717, 1.165) is 49.8 Å². The van der Waals surface area contributed by atoms with Gasteiger partial charge in [-0.1, -0.05) is 12.1 Å². The largest absolute Gasteiger partial charge is 0.357 e. The maximum absolute atomic E-state index is 14.0. The molecule has 1 aromatic carbocycles. The van der Waals surface area contributed by atoms with E-state index in [2.05, 4.69) is 33.5 Å². The van der Waals surface area contributed by atoms with Crippen molar-refractivity contribution >= 4 is 11.8 Å². The van der Waals surface area contributed by atoms with Crippen molar-refractivity contribution in [1.82, 2.24) is 20.5 Å². The molecule has 30 heavy (non-hydrogen) atoms. The van der Waals surface area contributed by atoms with Crippen molar-refractivity contribution in [3.63, 3.8) is 0 Å². The van der Waals surface area contributed by atoms with Gasteiger partial charge in [0.1, 0.15) is 11.6 Å². The van der Waals surface area contributed by atoms with Crippen LogP contribution in [0.4, 0.5) is 10.2 Å². The number of pyridine rings is 1. The van der Waals surface area contributed by atoms with Crippen LogP contribution >= 0.6 is 0 Å². The quantitative estimate of drug-likeness (QED) is 0.541. The number of nitrogens with zero attached hydrogens (tertiary/aromatic N) is 4. The lowest BCUT2D eigenvalue weighted by atomic mass is 10.1. The molecule has 2 heterocycles. The number of nitrogens with one attached hydrogen (secondary N) is 2. The lowest BCUT2D eigenvalue weighted by Gasteiger charge is -2.33. The van der Waals surface area contributed by atoms with Gasteiger partial charge in [-0.05, 0) is 63.7 Å². The number of guanidine groups is 1. The first-order valence-corrected chi connectivity index (χ1v) is 10.7. The SMILES string of the molecule is CCNC(=NCc1ccc(F)c(CN(C)C)c1)NC1CCN(c2ccccn2)CC1. The fourth-order valence-corrected chi connectivity index (χ4v) is 3.67. The number of aromatic nitrogens is 1. The smallest absolute Gasteiger partial charge is 0.191 e. The zero-order valence-corrected chi connectivity index (χ0v) is 18.2. The number of rotatable bonds is 7. The lowest BCUT2D eigenvalue weighted by molar-refractivity contribution is 0.392. The first kappa shape index (κ1) is 22.0. The maximum Gasteiger partial charge on any atom is 0.191 e. The van der Waals surface area contributed by atoms with Crippen LogP contribution in [0.5, 0.6) is 0 Å². The number of anilines is 1. The highest BCUT2D eigenvalue weighted by molar-refractivity contribution is 5.80. The normalized spacial score (nSPS) is 15.5. The maximum atomic E-state index is 14.0. The fourth-order valence-electron chi connectivity index (χ4n) is 3.67. The predicted octanol–water partition coefficient (Wildman–Crippen LogP) is 3.01. The summed E-state index contributed by atoms with van der Waals surface area (Å²) in [6.45, 7) is 5.90. The highest BCUT2D eigenvalue weighted by Gasteiger charge is 2.20. The summed E-state index contributed by atoms with van der Waals surface area (Å²) in [5, 5.41) is 6.90. The third-order valence-corrected chi connectivity index (χ3v) is 5.17. The first-order valence-electron chi connectivity index (χ1n) is 10.7.